The zero-order chi connectivity index (χ0) is 17.6. The third-order valence-electron chi connectivity index (χ3n) is 3.69. The molecule has 0 saturated carbocycles. The van der Waals surface area contributed by atoms with Crippen molar-refractivity contribution in [2.75, 3.05) is 13.7 Å². The molecule has 6 nitrogen and oxygen atoms in total. The first-order valence-electron chi connectivity index (χ1n) is 8.00. The number of rotatable bonds is 6. The van der Waals surface area contributed by atoms with Crippen LogP contribution in [0.15, 0.2) is 48.7 Å². The Labute approximate surface area is 145 Å². The number of aromatic nitrogens is 3. The van der Waals surface area contributed by atoms with E-state index in [9.17, 15) is 4.79 Å². The number of nitrogens with zero attached hydrogens (tertiary/aromatic N) is 3. The van der Waals surface area contributed by atoms with E-state index in [1.54, 1.807) is 26.3 Å². The Morgan fingerprint density at radius 1 is 1.24 bits per heavy atom. The van der Waals surface area contributed by atoms with Crippen LogP contribution in [0.4, 0.5) is 0 Å². The van der Waals surface area contributed by atoms with Gasteiger partial charge in [0.05, 0.1) is 26.0 Å². The van der Waals surface area contributed by atoms with Gasteiger partial charge < -0.3 is 9.47 Å². The minimum absolute atomic E-state index is 0.345. The summed E-state index contributed by atoms with van der Waals surface area (Å²) in [5, 5.41) is 5.47. The standard InChI is InChI=1S/C19H19N3O3/c1-3-25-18(23)11-10-17-16-5-4-12-20-19(16)22(21-17)13-14-6-8-15(24-2)9-7-14/h4-12H,3,13H2,1-2H3/b11-10-. The van der Waals surface area contributed by atoms with E-state index in [2.05, 4.69) is 10.1 Å². The van der Waals surface area contributed by atoms with E-state index in [0.29, 0.717) is 18.8 Å². The normalized spacial score (nSPS) is 11.1. The van der Waals surface area contributed by atoms with Gasteiger partial charge in [-0.3, -0.25) is 0 Å². The van der Waals surface area contributed by atoms with Crippen LogP contribution >= 0.6 is 0 Å². The Morgan fingerprint density at radius 2 is 2.04 bits per heavy atom. The van der Waals surface area contributed by atoms with Crippen molar-refractivity contribution < 1.29 is 14.3 Å². The number of ether oxygens (including phenoxy) is 2. The van der Waals surface area contributed by atoms with E-state index in [1.807, 2.05) is 41.1 Å². The average Bonchev–Trinajstić information content (AvgIpc) is 2.99. The van der Waals surface area contributed by atoms with Crippen molar-refractivity contribution in [2.24, 2.45) is 0 Å². The van der Waals surface area contributed by atoms with Crippen molar-refractivity contribution in [1.82, 2.24) is 14.8 Å². The van der Waals surface area contributed by atoms with Crippen LogP contribution in [-0.2, 0) is 16.1 Å². The largest absolute Gasteiger partial charge is 0.497 e. The molecule has 0 aliphatic rings. The molecule has 2 heterocycles. The predicted octanol–water partition coefficient (Wildman–Crippen LogP) is 3.06. The van der Waals surface area contributed by atoms with Gasteiger partial charge in [0.15, 0.2) is 5.65 Å². The van der Waals surface area contributed by atoms with Gasteiger partial charge >= 0.3 is 5.97 Å². The highest BCUT2D eigenvalue weighted by Crippen LogP contribution is 2.19. The van der Waals surface area contributed by atoms with Gasteiger partial charge in [-0.1, -0.05) is 12.1 Å². The second-order valence-electron chi connectivity index (χ2n) is 5.35. The molecule has 0 bridgehead atoms. The fraction of sp³-hybridized carbons (Fsp3) is 0.211. The molecular formula is C19H19N3O3. The number of benzene rings is 1. The fourth-order valence-electron chi connectivity index (χ4n) is 2.51. The molecule has 0 saturated heterocycles. The SMILES string of the molecule is CCOC(=O)/C=C\c1nn(Cc2ccc(OC)cc2)c2ncccc12. The van der Waals surface area contributed by atoms with Crippen molar-refractivity contribution in [3.63, 3.8) is 0 Å². The van der Waals surface area contributed by atoms with Gasteiger partial charge in [-0.15, -0.1) is 0 Å². The zero-order valence-corrected chi connectivity index (χ0v) is 14.2. The van der Waals surface area contributed by atoms with Crippen LogP contribution in [0.25, 0.3) is 17.1 Å². The first kappa shape index (κ1) is 16.7. The molecule has 2 aromatic heterocycles. The summed E-state index contributed by atoms with van der Waals surface area (Å²) in [6, 6.07) is 11.6. The molecule has 0 amide bonds. The minimum Gasteiger partial charge on any atom is -0.497 e. The van der Waals surface area contributed by atoms with E-state index in [-0.39, 0.29) is 5.97 Å². The summed E-state index contributed by atoms with van der Waals surface area (Å²) >= 11 is 0. The number of fused-ring (bicyclic) bond motifs is 1. The molecule has 0 radical (unpaired) electrons. The van der Waals surface area contributed by atoms with E-state index >= 15 is 0 Å². The number of esters is 1. The van der Waals surface area contributed by atoms with Crippen molar-refractivity contribution in [2.45, 2.75) is 13.5 Å². The molecule has 6 heteroatoms. The van der Waals surface area contributed by atoms with Crippen LogP contribution in [-0.4, -0.2) is 34.5 Å². The minimum atomic E-state index is -0.385. The first-order chi connectivity index (χ1) is 12.2. The molecule has 0 fully saturated rings. The van der Waals surface area contributed by atoms with Crippen LogP contribution in [0, 0.1) is 0 Å². The number of hydrogen-bond acceptors (Lipinski definition) is 5. The van der Waals surface area contributed by atoms with E-state index in [4.69, 9.17) is 9.47 Å². The molecule has 0 atom stereocenters. The summed E-state index contributed by atoms with van der Waals surface area (Å²) in [7, 11) is 1.64. The van der Waals surface area contributed by atoms with Gasteiger partial charge in [0.2, 0.25) is 0 Å². The van der Waals surface area contributed by atoms with E-state index < -0.39 is 0 Å². The van der Waals surface area contributed by atoms with Gasteiger partial charge in [0.25, 0.3) is 0 Å². The molecule has 3 rings (SSSR count). The van der Waals surface area contributed by atoms with Gasteiger partial charge in [-0.05, 0) is 42.8 Å². The third kappa shape index (κ3) is 3.85. The molecule has 25 heavy (non-hydrogen) atoms. The van der Waals surface area contributed by atoms with Crippen molar-refractivity contribution in [3.8, 4) is 5.75 Å². The van der Waals surface area contributed by atoms with E-state index in [1.165, 1.54) is 6.08 Å². The van der Waals surface area contributed by atoms with Crippen LogP contribution in [0.3, 0.4) is 0 Å². The van der Waals surface area contributed by atoms with Gasteiger partial charge in [-0.25, -0.2) is 14.5 Å². The third-order valence-corrected chi connectivity index (χ3v) is 3.69. The predicted molar refractivity (Wildman–Crippen MR) is 95.3 cm³/mol. The average molecular weight is 337 g/mol. The number of methoxy groups -OCH3 is 1. The van der Waals surface area contributed by atoms with Crippen LogP contribution in [0.1, 0.15) is 18.2 Å². The highest BCUT2D eigenvalue weighted by Gasteiger charge is 2.10. The molecule has 128 valence electrons. The molecule has 1 aromatic carbocycles. The number of carbonyl (C=O) groups excluding carboxylic acids is 1. The summed E-state index contributed by atoms with van der Waals surface area (Å²) in [6.45, 7) is 2.69. The number of hydrogen-bond donors (Lipinski definition) is 0. The highest BCUT2D eigenvalue weighted by atomic mass is 16.5. The fourth-order valence-corrected chi connectivity index (χ4v) is 2.51. The topological polar surface area (TPSA) is 66.2 Å². The highest BCUT2D eigenvalue weighted by molar-refractivity contribution is 5.91. The quantitative estimate of drug-likeness (QED) is 0.511. The maximum atomic E-state index is 11.5. The van der Waals surface area contributed by atoms with Crippen molar-refractivity contribution in [1.29, 1.82) is 0 Å². The molecule has 3 aromatic rings. The number of carbonyl (C=O) groups is 1. The van der Waals surface area contributed by atoms with Gasteiger partial charge in [0.1, 0.15) is 5.75 Å². The maximum absolute atomic E-state index is 11.5. The summed E-state index contributed by atoms with van der Waals surface area (Å²) in [5.74, 6) is 0.425. The Hall–Kier alpha value is -3.15. The maximum Gasteiger partial charge on any atom is 0.330 e. The second kappa shape index (κ2) is 7.61. The van der Waals surface area contributed by atoms with Crippen LogP contribution in [0.5, 0.6) is 5.75 Å². The zero-order valence-electron chi connectivity index (χ0n) is 14.2. The van der Waals surface area contributed by atoms with Crippen molar-refractivity contribution >= 4 is 23.1 Å². The lowest BCUT2D eigenvalue weighted by molar-refractivity contribution is -0.137. The second-order valence-corrected chi connectivity index (χ2v) is 5.35. The van der Waals surface area contributed by atoms with Crippen LogP contribution < -0.4 is 4.74 Å². The molecule has 0 spiro atoms. The lowest BCUT2D eigenvalue weighted by Crippen LogP contribution is -2.03. The first-order valence-corrected chi connectivity index (χ1v) is 8.00. The molecule has 0 N–H and O–H groups in total. The van der Waals surface area contributed by atoms with Crippen LogP contribution in [0.2, 0.25) is 0 Å². The monoisotopic (exact) mass is 337 g/mol. The summed E-state index contributed by atoms with van der Waals surface area (Å²) in [4.78, 5) is 16.0. The summed E-state index contributed by atoms with van der Waals surface area (Å²) in [6.07, 6.45) is 4.77. The van der Waals surface area contributed by atoms with Crippen molar-refractivity contribution in [3.05, 3.63) is 59.9 Å². The summed E-state index contributed by atoms with van der Waals surface area (Å²) in [5.41, 5.74) is 2.53. The Balaban J connectivity index is 1.91. The molecule has 0 aliphatic heterocycles. The van der Waals surface area contributed by atoms with E-state index in [0.717, 1.165) is 22.3 Å². The molecule has 0 unspecified atom stereocenters. The lowest BCUT2D eigenvalue weighted by Gasteiger charge is -2.04. The molecule has 0 aliphatic carbocycles. The van der Waals surface area contributed by atoms with Gasteiger partial charge in [-0.2, -0.15) is 5.10 Å². The lowest BCUT2D eigenvalue weighted by atomic mass is 10.2. The molecular weight excluding hydrogens is 318 g/mol. The Morgan fingerprint density at radius 3 is 2.76 bits per heavy atom. The van der Waals surface area contributed by atoms with Gasteiger partial charge in [0, 0.05) is 17.7 Å². The number of pyridine rings is 1. The smallest absolute Gasteiger partial charge is 0.330 e. The Bertz CT molecular complexity index is 898. The Kier molecular flexibility index (Phi) is 5.09. The summed E-state index contributed by atoms with van der Waals surface area (Å²) < 4.78 is 11.9.